The molecule has 6 heteroatoms. The van der Waals surface area contributed by atoms with Gasteiger partial charge in [0.1, 0.15) is 0 Å². The molecule has 1 fully saturated rings. The number of hydrogen-bond donors (Lipinski definition) is 1. The first-order valence-electron chi connectivity index (χ1n) is 7.39. The number of ether oxygens (including phenoxy) is 1. The van der Waals surface area contributed by atoms with Gasteiger partial charge in [0.15, 0.2) is 5.75 Å². The molecule has 2 N–H and O–H groups in total. The fourth-order valence-electron chi connectivity index (χ4n) is 3.06. The highest BCUT2D eigenvalue weighted by atomic mass is 16.6. The number of anilines is 1. The lowest BCUT2D eigenvalue weighted by Gasteiger charge is -2.40. The van der Waals surface area contributed by atoms with Crippen LogP contribution in [-0.2, 0) is 0 Å². The number of piperidine rings is 1. The summed E-state index contributed by atoms with van der Waals surface area (Å²) in [5.74, 6) is 1.01. The zero-order chi connectivity index (χ0) is 15.4. The Labute approximate surface area is 125 Å². The van der Waals surface area contributed by atoms with Gasteiger partial charge in [0.05, 0.1) is 12.0 Å². The van der Waals surface area contributed by atoms with E-state index in [0.717, 1.165) is 31.0 Å². The summed E-state index contributed by atoms with van der Waals surface area (Å²) in [6.45, 7) is 3.74. The fraction of sp³-hybridized carbons (Fsp3) is 0.600. The monoisotopic (exact) mass is 293 g/mol. The highest BCUT2D eigenvalue weighted by molar-refractivity contribution is 5.60. The van der Waals surface area contributed by atoms with Gasteiger partial charge in [-0.05, 0) is 24.8 Å². The smallest absolute Gasteiger partial charge is 0.311 e. The molecule has 1 aromatic rings. The van der Waals surface area contributed by atoms with E-state index in [-0.39, 0.29) is 11.7 Å². The molecule has 0 aliphatic carbocycles. The topological polar surface area (TPSA) is 81.6 Å². The molecule has 116 valence electrons. The van der Waals surface area contributed by atoms with Crippen molar-refractivity contribution in [3.05, 3.63) is 28.3 Å². The summed E-state index contributed by atoms with van der Waals surface area (Å²) >= 11 is 0. The Kier molecular flexibility index (Phi) is 5.01. The molecule has 21 heavy (non-hydrogen) atoms. The van der Waals surface area contributed by atoms with Crippen molar-refractivity contribution in [3.8, 4) is 5.75 Å². The first-order valence-corrected chi connectivity index (χ1v) is 7.39. The molecule has 0 saturated carbocycles. The SMILES string of the molecule is CCC1CCN(c2ccc([N+](=O)[O-])c(OC)c2)C(CN)C1. The summed E-state index contributed by atoms with van der Waals surface area (Å²) in [6, 6.07) is 5.32. The van der Waals surface area contributed by atoms with Gasteiger partial charge in [0.25, 0.3) is 0 Å². The number of hydrogen-bond acceptors (Lipinski definition) is 5. The van der Waals surface area contributed by atoms with Crippen LogP contribution in [0, 0.1) is 16.0 Å². The molecule has 0 amide bonds. The van der Waals surface area contributed by atoms with Gasteiger partial charge in [0.2, 0.25) is 0 Å². The van der Waals surface area contributed by atoms with Crippen LogP contribution in [0.1, 0.15) is 26.2 Å². The molecular formula is C15H23N3O3. The average molecular weight is 293 g/mol. The predicted molar refractivity (Wildman–Crippen MR) is 82.9 cm³/mol. The minimum atomic E-state index is -0.424. The van der Waals surface area contributed by atoms with Gasteiger partial charge in [-0.15, -0.1) is 0 Å². The number of nitro benzene ring substituents is 1. The summed E-state index contributed by atoms with van der Waals surface area (Å²) in [5, 5.41) is 11.0. The molecule has 2 atom stereocenters. The zero-order valence-corrected chi connectivity index (χ0v) is 12.6. The molecule has 1 aliphatic heterocycles. The van der Waals surface area contributed by atoms with Crippen molar-refractivity contribution < 1.29 is 9.66 Å². The van der Waals surface area contributed by atoms with Gasteiger partial charge >= 0.3 is 5.69 Å². The second-order valence-corrected chi connectivity index (χ2v) is 5.49. The average Bonchev–Trinajstić information content (AvgIpc) is 2.53. The van der Waals surface area contributed by atoms with E-state index < -0.39 is 4.92 Å². The number of nitro groups is 1. The quantitative estimate of drug-likeness (QED) is 0.666. The maximum absolute atomic E-state index is 11.0. The maximum atomic E-state index is 11.0. The minimum absolute atomic E-state index is 0.00556. The second kappa shape index (κ2) is 6.76. The van der Waals surface area contributed by atoms with Crippen LogP contribution in [0.2, 0.25) is 0 Å². The molecule has 0 spiro atoms. The largest absolute Gasteiger partial charge is 0.490 e. The molecule has 0 aromatic heterocycles. The van der Waals surface area contributed by atoms with E-state index >= 15 is 0 Å². The fourth-order valence-corrected chi connectivity index (χ4v) is 3.06. The number of nitrogens with zero attached hydrogens (tertiary/aromatic N) is 2. The van der Waals surface area contributed by atoms with E-state index in [1.807, 2.05) is 0 Å². The third-order valence-electron chi connectivity index (χ3n) is 4.37. The van der Waals surface area contributed by atoms with Crippen molar-refractivity contribution in [2.24, 2.45) is 11.7 Å². The minimum Gasteiger partial charge on any atom is -0.490 e. The van der Waals surface area contributed by atoms with Gasteiger partial charge in [0, 0.05) is 37.0 Å². The van der Waals surface area contributed by atoms with Crippen molar-refractivity contribution in [1.82, 2.24) is 0 Å². The second-order valence-electron chi connectivity index (χ2n) is 5.49. The van der Waals surface area contributed by atoms with Crippen molar-refractivity contribution in [1.29, 1.82) is 0 Å². The summed E-state index contributed by atoms with van der Waals surface area (Å²) < 4.78 is 5.15. The van der Waals surface area contributed by atoms with E-state index in [0.29, 0.717) is 12.3 Å². The lowest BCUT2D eigenvalue weighted by Crippen LogP contribution is -2.46. The number of nitrogens with two attached hydrogens (primary N) is 1. The van der Waals surface area contributed by atoms with Gasteiger partial charge in [-0.1, -0.05) is 13.3 Å². The number of methoxy groups -OCH3 is 1. The number of benzene rings is 1. The zero-order valence-electron chi connectivity index (χ0n) is 12.6. The first kappa shape index (κ1) is 15.6. The Balaban J connectivity index is 2.26. The summed E-state index contributed by atoms with van der Waals surface area (Å²) in [7, 11) is 1.45. The first-order chi connectivity index (χ1) is 10.1. The molecule has 0 radical (unpaired) electrons. The van der Waals surface area contributed by atoms with Crippen LogP contribution >= 0.6 is 0 Å². The molecule has 2 unspecified atom stereocenters. The van der Waals surface area contributed by atoms with Crippen molar-refractivity contribution in [2.45, 2.75) is 32.2 Å². The normalized spacial score (nSPS) is 22.1. The summed E-state index contributed by atoms with van der Waals surface area (Å²) in [5.41, 5.74) is 6.86. The third kappa shape index (κ3) is 3.26. The van der Waals surface area contributed by atoms with Crippen LogP contribution in [0.25, 0.3) is 0 Å². The van der Waals surface area contributed by atoms with Crippen molar-refractivity contribution >= 4 is 11.4 Å². The Morgan fingerprint density at radius 3 is 2.86 bits per heavy atom. The van der Waals surface area contributed by atoms with Crippen LogP contribution in [0.5, 0.6) is 5.75 Å². The van der Waals surface area contributed by atoms with Gasteiger partial charge in [-0.3, -0.25) is 10.1 Å². The maximum Gasteiger partial charge on any atom is 0.311 e. The Morgan fingerprint density at radius 1 is 1.52 bits per heavy atom. The molecule has 1 saturated heterocycles. The van der Waals surface area contributed by atoms with E-state index in [4.69, 9.17) is 10.5 Å². The molecular weight excluding hydrogens is 270 g/mol. The Bertz CT molecular complexity index is 507. The van der Waals surface area contributed by atoms with E-state index in [2.05, 4.69) is 11.8 Å². The van der Waals surface area contributed by atoms with Gasteiger partial charge < -0.3 is 15.4 Å². The Hall–Kier alpha value is -1.82. The lowest BCUT2D eigenvalue weighted by atomic mass is 9.88. The van der Waals surface area contributed by atoms with Crippen LogP contribution in [0.15, 0.2) is 18.2 Å². The molecule has 6 nitrogen and oxygen atoms in total. The number of rotatable bonds is 5. The van der Waals surface area contributed by atoms with Crippen molar-refractivity contribution in [3.63, 3.8) is 0 Å². The van der Waals surface area contributed by atoms with Crippen molar-refractivity contribution in [2.75, 3.05) is 25.1 Å². The Morgan fingerprint density at radius 2 is 2.29 bits per heavy atom. The molecule has 2 rings (SSSR count). The van der Waals surface area contributed by atoms with E-state index in [1.54, 1.807) is 12.1 Å². The summed E-state index contributed by atoms with van der Waals surface area (Å²) in [6.07, 6.45) is 3.38. The highest BCUT2D eigenvalue weighted by Gasteiger charge is 2.28. The van der Waals surface area contributed by atoms with Gasteiger partial charge in [-0.2, -0.15) is 0 Å². The predicted octanol–water partition coefficient (Wildman–Crippen LogP) is 2.56. The van der Waals surface area contributed by atoms with E-state index in [1.165, 1.54) is 19.6 Å². The molecule has 1 aromatic carbocycles. The lowest BCUT2D eigenvalue weighted by molar-refractivity contribution is -0.385. The molecule has 1 aliphatic rings. The standard InChI is InChI=1S/C15H23N3O3/c1-3-11-6-7-17(13(8-11)10-16)12-4-5-14(18(19)20)15(9-12)21-2/h4-5,9,11,13H,3,6-8,10,16H2,1-2H3. The third-order valence-corrected chi connectivity index (χ3v) is 4.37. The molecule has 0 bridgehead atoms. The van der Waals surface area contributed by atoms with Crippen LogP contribution < -0.4 is 15.4 Å². The van der Waals surface area contributed by atoms with Crippen LogP contribution in [-0.4, -0.2) is 31.2 Å². The van der Waals surface area contributed by atoms with Crippen LogP contribution in [0.4, 0.5) is 11.4 Å². The highest BCUT2D eigenvalue weighted by Crippen LogP contribution is 2.35. The summed E-state index contributed by atoms with van der Waals surface area (Å²) in [4.78, 5) is 12.8. The van der Waals surface area contributed by atoms with E-state index in [9.17, 15) is 10.1 Å². The van der Waals surface area contributed by atoms with Crippen LogP contribution in [0.3, 0.4) is 0 Å². The van der Waals surface area contributed by atoms with Gasteiger partial charge in [-0.25, -0.2) is 0 Å². The molecule has 1 heterocycles.